The van der Waals surface area contributed by atoms with Gasteiger partial charge in [-0.05, 0) is 19.4 Å². The number of aromatic nitrogens is 3. The molecule has 92 valence electrons. The minimum absolute atomic E-state index is 0.746. The van der Waals surface area contributed by atoms with Crippen LogP contribution >= 0.6 is 22.7 Å². The summed E-state index contributed by atoms with van der Waals surface area (Å²) in [4.78, 5) is 16.6. The zero-order valence-electron chi connectivity index (χ0n) is 10.3. The Hall–Kier alpha value is -1.53. The minimum Gasteiger partial charge on any atom is -0.372 e. The molecule has 0 saturated heterocycles. The number of hydrogen-bond donors (Lipinski definition) is 1. The fourth-order valence-corrected chi connectivity index (χ4v) is 3.45. The summed E-state index contributed by atoms with van der Waals surface area (Å²) in [6, 6.07) is 0. The van der Waals surface area contributed by atoms with E-state index < -0.39 is 0 Å². The van der Waals surface area contributed by atoms with E-state index in [-0.39, 0.29) is 0 Å². The number of thiazole rings is 1. The molecule has 0 amide bonds. The van der Waals surface area contributed by atoms with Gasteiger partial charge in [0.15, 0.2) is 5.82 Å². The topological polar surface area (TPSA) is 50.7 Å². The lowest BCUT2D eigenvalue weighted by Crippen LogP contribution is -1.97. The van der Waals surface area contributed by atoms with Gasteiger partial charge in [0.25, 0.3) is 0 Å². The molecular weight excluding hydrogens is 264 g/mol. The molecule has 0 spiro atoms. The van der Waals surface area contributed by atoms with E-state index in [4.69, 9.17) is 0 Å². The average Bonchev–Trinajstić information content (AvgIpc) is 2.98. The minimum atomic E-state index is 0.746. The molecule has 0 atom stereocenters. The zero-order chi connectivity index (χ0) is 12.7. The fraction of sp³-hybridized carbons (Fsp3) is 0.250. The number of anilines is 1. The Balaban J connectivity index is 2.32. The highest BCUT2D eigenvalue weighted by molar-refractivity contribution is 7.19. The van der Waals surface area contributed by atoms with E-state index in [1.165, 1.54) is 10.4 Å². The highest BCUT2D eigenvalue weighted by Crippen LogP contribution is 2.35. The van der Waals surface area contributed by atoms with Crippen molar-refractivity contribution >= 4 is 38.7 Å². The van der Waals surface area contributed by atoms with Crippen molar-refractivity contribution in [3.63, 3.8) is 0 Å². The number of hydrogen-bond acceptors (Lipinski definition) is 6. The van der Waals surface area contributed by atoms with E-state index >= 15 is 0 Å². The molecule has 0 aliphatic carbocycles. The Bertz CT molecular complexity index is 701. The normalized spacial score (nSPS) is 11.1. The lowest BCUT2D eigenvalue weighted by atomic mass is 10.2. The lowest BCUT2D eigenvalue weighted by Gasteiger charge is -2.04. The summed E-state index contributed by atoms with van der Waals surface area (Å²) in [7, 11) is 1.89. The largest absolute Gasteiger partial charge is 0.372 e. The maximum absolute atomic E-state index is 4.65. The number of aryl methyl sites for hydroxylation is 2. The van der Waals surface area contributed by atoms with Crippen LogP contribution in [-0.4, -0.2) is 22.0 Å². The molecule has 1 N–H and O–H groups in total. The van der Waals surface area contributed by atoms with Crippen molar-refractivity contribution in [2.45, 2.75) is 13.8 Å². The first kappa shape index (κ1) is 11.6. The van der Waals surface area contributed by atoms with Crippen LogP contribution in [0.5, 0.6) is 0 Å². The predicted molar refractivity (Wildman–Crippen MR) is 77.5 cm³/mol. The molecule has 18 heavy (non-hydrogen) atoms. The van der Waals surface area contributed by atoms with Crippen LogP contribution in [-0.2, 0) is 0 Å². The van der Waals surface area contributed by atoms with Gasteiger partial charge in [0, 0.05) is 18.1 Å². The molecular formula is C12H12N4S2. The van der Waals surface area contributed by atoms with Gasteiger partial charge in [-0.1, -0.05) is 0 Å². The van der Waals surface area contributed by atoms with Crippen LogP contribution in [0.25, 0.3) is 20.9 Å². The molecule has 6 heteroatoms. The van der Waals surface area contributed by atoms with Crippen molar-refractivity contribution in [3.05, 3.63) is 22.1 Å². The van der Waals surface area contributed by atoms with Gasteiger partial charge >= 0.3 is 0 Å². The van der Waals surface area contributed by atoms with Gasteiger partial charge in [0.2, 0.25) is 0 Å². The number of thiophene rings is 1. The second kappa shape index (κ2) is 4.29. The summed E-state index contributed by atoms with van der Waals surface area (Å²) >= 11 is 3.27. The first-order valence-corrected chi connectivity index (χ1v) is 7.24. The van der Waals surface area contributed by atoms with E-state index in [2.05, 4.69) is 34.1 Å². The standard InChI is InChI=1S/C12H12N4S2/c1-6-7(2)18-12-9(6)11(13-3)15-10(16-12)8-4-14-5-17-8/h4-5H,1-3H3,(H,13,15,16). The maximum Gasteiger partial charge on any atom is 0.174 e. The number of fused-ring (bicyclic) bond motifs is 1. The second-order valence-corrected chi connectivity index (χ2v) is 6.06. The van der Waals surface area contributed by atoms with Crippen molar-refractivity contribution in [1.82, 2.24) is 15.0 Å². The van der Waals surface area contributed by atoms with E-state index in [9.17, 15) is 0 Å². The Kier molecular flexibility index (Phi) is 2.76. The van der Waals surface area contributed by atoms with E-state index in [0.717, 1.165) is 26.7 Å². The van der Waals surface area contributed by atoms with Crippen LogP contribution in [0.15, 0.2) is 11.7 Å². The van der Waals surface area contributed by atoms with Crippen LogP contribution < -0.4 is 5.32 Å². The molecule has 3 aromatic rings. The Labute approximate surface area is 113 Å². The Morgan fingerprint density at radius 3 is 2.72 bits per heavy atom. The maximum atomic E-state index is 4.65. The summed E-state index contributed by atoms with van der Waals surface area (Å²) in [6.07, 6.45) is 1.80. The molecule has 0 aliphatic heterocycles. The smallest absolute Gasteiger partial charge is 0.174 e. The number of rotatable bonds is 2. The van der Waals surface area contributed by atoms with Gasteiger partial charge in [0.1, 0.15) is 10.6 Å². The fourth-order valence-electron chi connectivity index (χ4n) is 1.87. The number of nitrogens with zero attached hydrogens (tertiary/aromatic N) is 3. The third-order valence-electron chi connectivity index (χ3n) is 2.92. The predicted octanol–water partition coefficient (Wildman–Crippen LogP) is 3.47. The second-order valence-electron chi connectivity index (χ2n) is 3.97. The monoisotopic (exact) mass is 276 g/mol. The molecule has 3 heterocycles. The summed E-state index contributed by atoms with van der Waals surface area (Å²) in [5, 5.41) is 4.30. The van der Waals surface area contributed by atoms with Crippen molar-refractivity contribution in [2.75, 3.05) is 12.4 Å². The summed E-state index contributed by atoms with van der Waals surface area (Å²) in [5.74, 6) is 1.64. The molecule has 4 nitrogen and oxygen atoms in total. The first-order valence-electron chi connectivity index (χ1n) is 5.55. The van der Waals surface area contributed by atoms with Crippen molar-refractivity contribution in [3.8, 4) is 10.7 Å². The van der Waals surface area contributed by atoms with Crippen molar-refractivity contribution in [1.29, 1.82) is 0 Å². The quantitative estimate of drug-likeness (QED) is 0.778. The Morgan fingerprint density at radius 1 is 1.22 bits per heavy atom. The van der Waals surface area contributed by atoms with Gasteiger partial charge < -0.3 is 5.32 Å². The van der Waals surface area contributed by atoms with Crippen LogP contribution in [0.3, 0.4) is 0 Å². The van der Waals surface area contributed by atoms with Crippen LogP contribution in [0.4, 0.5) is 5.82 Å². The van der Waals surface area contributed by atoms with Gasteiger partial charge in [-0.25, -0.2) is 9.97 Å². The number of nitrogens with one attached hydrogen (secondary N) is 1. The first-order chi connectivity index (χ1) is 8.70. The molecule has 3 rings (SSSR count). The highest BCUT2D eigenvalue weighted by atomic mass is 32.1. The van der Waals surface area contributed by atoms with Gasteiger partial charge in [-0.2, -0.15) is 0 Å². The molecule has 0 radical (unpaired) electrons. The zero-order valence-corrected chi connectivity index (χ0v) is 11.9. The van der Waals surface area contributed by atoms with Gasteiger partial charge in [-0.3, -0.25) is 4.98 Å². The third-order valence-corrected chi connectivity index (χ3v) is 4.79. The Morgan fingerprint density at radius 2 is 2.06 bits per heavy atom. The van der Waals surface area contributed by atoms with Crippen molar-refractivity contribution in [2.24, 2.45) is 0 Å². The summed E-state index contributed by atoms with van der Waals surface area (Å²) in [5.41, 5.74) is 3.06. The molecule has 0 bridgehead atoms. The third kappa shape index (κ3) is 1.69. The SMILES string of the molecule is CNc1nc(-c2cncs2)nc2sc(C)c(C)c12. The average molecular weight is 276 g/mol. The van der Waals surface area contributed by atoms with Crippen LogP contribution in [0.1, 0.15) is 10.4 Å². The van der Waals surface area contributed by atoms with Crippen LogP contribution in [0.2, 0.25) is 0 Å². The van der Waals surface area contributed by atoms with E-state index in [1.807, 2.05) is 7.05 Å². The van der Waals surface area contributed by atoms with Crippen LogP contribution in [0, 0.1) is 13.8 Å². The highest BCUT2D eigenvalue weighted by Gasteiger charge is 2.15. The van der Waals surface area contributed by atoms with Crippen molar-refractivity contribution < 1.29 is 0 Å². The summed E-state index contributed by atoms with van der Waals surface area (Å²) in [6.45, 7) is 4.23. The molecule has 0 unspecified atom stereocenters. The molecule has 0 saturated carbocycles. The summed E-state index contributed by atoms with van der Waals surface area (Å²) < 4.78 is 0. The molecule has 0 fully saturated rings. The van der Waals surface area contributed by atoms with E-state index in [1.54, 1.807) is 34.4 Å². The molecule has 0 aliphatic rings. The molecule has 3 aromatic heterocycles. The van der Waals surface area contributed by atoms with Gasteiger partial charge in [0.05, 0.1) is 15.8 Å². The lowest BCUT2D eigenvalue weighted by molar-refractivity contribution is 1.22. The van der Waals surface area contributed by atoms with Gasteiger partial charge in [-0.15, -0.1) is 22.7 Å². The van der Waals surface area contributed by atoms with E-state index in [0.29, 0.717) is 0 Å². The molecule has 0 aromatic carbocycles.